The maximum Gasteiger partial charge on any atom is 0.264 e. The average molecular weight is 692 g/mol. The molecule has 0 spiro atoms. The van der Waals surface area contributed by atoms with Gasteiger partial charge < -0.3 is 15.5 Å². The fraction of sp³-hybridized carbons (Fsp3) is 0.485. The molecule has 0 aliphatic heterocycles. The van der Waals surface area contributed by atoms with E-state index in [9.17, 15) is 22.8 Å². The summed E-state index contributed by atoms with van der Waals surface area (Å²) in [6.45, 7) is 14.9. The monoisotopic (exact) mass is 690 g/mol. The lowest BCUT2D eigenvalue weighted by Crippen LogP contribution is -2.61. The first kappa shape index (κ1) is 37.2. The highest BCUT2D eigenvalue weighted by Gasteiger charge is 2.41. The van der Waals surface area contributed by atoms with Crippen LogP contribution < -0.4 is 15.4 Å². The number of amides is 3. The molecule has 0 aliphatic rings. The first-order valence-electron chi connectivity index (χ1n) is 14.5. The third-order valence-electron chi connectivity index (χ3n) is 7.80. The molecule has 0 saturated carbocycles. The van der Waals surface area contributed by atoms with Crippen molar-refractivity contribution in [2.24, 2.45) is 11.3 Å². The topological polar surface area (TPSA) is 125 Å². The summed E-state index contributed by atoms with van der Waals surface area (Å²) in [5, 5.41) is 6.15. The minimum absolute atomic E-state index is 0.0476. The Kier molecular flexibility index (Phi) is 12.5. The van der Waals surface area contributed by atoms with Crippen LogP contribution in [0.15, 0.2) is 75.6 Å². The van der Waals surface area contributed by atoms with Crippen LogP contribution in [0.2, 0.25) is 0 Å². The molecule has 44 heavy (non-hydrogen) atoms. The van der Waals surface area contributed by atoms with Gasteiger partial charge in [-0.25, -0.2) is 13.1 Å². The first-order valence-corrected chi connectivity index (χ1v) is 16.8. The molecule has 0 aromatic heterocycles. The van der Waals surface area contributed by atoms with Crippen molar-refractivity contribution >= 4 is 43.7 Å². The number of carbonyl (C=O) groups is 3. The van der Waals surface area contributed by atoms with Crippen LogP contribution in [0.5, 0.6) is 0 Å². The van der Waals surface area contributed by atoms with E-state index in [4.69, 9.17) is 0 Å². The Morgan fingerprint density at radius 1 is 0.909 bits per heavy atom. The molecule has 0 aliphatic carbocycles. The van der Waals surface area contributed by atoms with E-state index in [1.807, 2.05) is 78.8 Å². The van der Waals surface area contributed by atoms with Gasteiger partial charge in [0.05, 0.1) is 17.0 Å². The molecule has 0 bridgehead atoms. The number of benzene rings is 2. The third-order valence-corrected chi connectivity index (χ3v) is 9.67. The van der Waals surface area contributed by atoms with Crippen molar-refractivity contribution in [3.8, 4) is 0 Å². The fourth-order valence-corrected chi connectivity index (χ4v) is 6.32. The lowest BCUT2D eigenvalue weighted by Gasteiger charge is -2.40. The van der Waals surface area contributed by atoms with Crippen molar-refractivity contribution < 1.29 is 22.8 Å². The summed E-state index contributed by atoms with van der Waals surface area (Å²) in [6.07, 6.45) is 1.59. The van der Waals surface area contributed by atoms with Gasteiger partial charge in [-0.3, -0.25) is 14.4 Å². The standard InChI is InChI=1S/C33H47BrN4O5S/c1-21(2)26(20-22(3)29(39)37-44(42,43)25-18-16-24(34)17-19-25)38(10)31(41)28(32(4,5)6)36-30(40)27(35-9)33(7,8)23-14-12-11-13-15-23/h11-21,26-28,35H,1-10H3,(H,36,40)(H,37,39)/b22-20+/t26-,27-,28-/m1/s1. The highest BCUT2D eigenvalue weighted by atomic mass is 79.9. The minimum Gasteiger partial charge on any atom is -0.342 e. The van der Waals surface area contributed by atoms with Crippen LogP contribution in [0.4, 0.5) is 0 Å². The van der Waals surface area contributed by atoms with Crippen LogP contribution in [-0.2, 0) is 29.8 Å². The smallest absolute Gasteiger partial charge is 0.264 e. The maximum absolute atomic E-state index is 14.1. The van der Waals surface area contributed by atoms with Gasteiger partial charge in [-0.15, -0.1) is 0 Å². The van der Waals surface area contributed by atoms with Crippen molar-refractivity contribution in [1.82, 2.24) is 20.3 Å². The van der Waals surface area contributed by atoms with Gasteiger partial charge in [0.2, 0.25) is 11.8 Å². The Morgan fingerprint density at radius 3 is 1.93 bits per heavy atom. The highest BCUT2D eigenvalue weighted by Crippen LogP contribution is 2.29. The highest BCUT2D eigenvalue weighted by molar-refractivity contribution is 9.10. The predicted octanol–water partition coefficient (Wildman–Crippen LogP) is 4.78. The van der Waals surface area contributed by atoms with Crippen molar-refractivity contribution in [2.75, 3.05) is 14.1 Å². The summed E-state index contributed by atoms with van der Waals surface area (Å²) >= 11 is 3.27. The zero-order chi connectivity index (χ0) is 33.6. The Hall–Kier alpha value is -3.02. The van der Waals surface area contributed by atoms with Crippen molar-refractivity contribution in [1.29, 1.82) is 0 Å². The Bertz CT molecular complexity index is 1450. The molecule has 242 valence electrons. The second-order valence-electron chi connectivity index (χ2n) is 13.0. The Labute approximate surface area is 271 Å². The summed E-state index contributed by atoms with van der Waals surface area (Å²) in [7, 11) is -0.750. The number of halogens is 1. The maximum atomic E-state index is 14.1. The lowest BCUT2D eigenvalue weighted by atomic mass is 9.76. The second-order valence-corrected chi connectivity index (χ2v) is 15.6. The van der Waals surface area contributed by atoms with E-state index in [1.54, 1.807) is 32.3 Å². The molecule has 2 aromatic rings. The van der Waals surface area contributed by atoms with Gasteiger partial charge in [-0.2, -0.15) is 0 Å². The van der Waals surface area contributed by atoms with E-state index in [2.05, 4.69) is 31.3 Å². The minimum atomic E-state index is -4.10. The Morgan fingerprint density at radius 2 is 1.45 bits per heavy atom. The van der Waals surface area contributed by atoms with E-state index in [0.29, 0.717) is 4.47 Å². The number of nitrogens with one attached hydrogen (secondary N) is 3. The molecule has 2 rings (SSSR count). The van der Waals surface area contributed by atoms with Gasteiger partial charge in [0.1, 0.15) is 6.04 Å². The van der Waals surface area contributed by atoms with E-state index in [0.717, 1.165) is 5.56 Å². The summed E-state index contributed by atoms with van der Waals surface area (Å²) in [6, 6.07) is 13.6. The summed E-state index contributed by atoms with van der Waals surface area (Å²) in [5.74, 6) is -1.56. The zero-order valence-electron chi connectivity index (χ0n) is 27.4. The number of carbonyl (C=O) groups excluding carboxylic acids is 3. The molecule has 0 radical (unpaired) electrons. The molecular weight excluding hydrogens is 644 g/mol. The number of nitrogens with zero attached hydrogens (tertiary/aromatic N) is 1. The molecule has 0 unspecified atom stereocenters. The van der Waals surface area contributed by atoms with E-state index >= 15 is 0 Å². The molecule has 0 heterocycles. The van der Waals surface area contributed by atoms with Gasteiger partial charge in [-0.1, -0.05) is 101 Å². The van der Waals surface area contributed by atoms with Gasteiger partial charge >= 0.3 is 0 Å². The molecule has 3 atom stereocenters. The van der Waals surface area contributed by atoms with Crippen molar-refractivity contribution in [3.63, 3.8) is 0 Å². The first-order chi connectivity index (χ1) is 20.2. The average Bonchev–Trinajstić information content (AvgIpc) is 2.93. The van der Waals surface area contributed by atoms with Gasteiger partial charge in [-0.05, 0) is 55.1 Å². The Balaban J connectivity index is 2.33. The van der Waals surface area contributed by atoms with Crippen LogP contribution in [-0.4, -0.2) is 63.3 Å². The summed E-state index contributed by atoms with van der Waals surface area (Å²) < 4.78 is 28.4. The van der Waals surface area contributed by atoms with Crippen LogP contribution in [0, 0.1) is 11.3 Å². The number of hydrogen-bond donors (Lipinski definition) is 3. The largest absolute Gasteiger partial charge is 0.342 e. The number of likely N-dealkylation sites (N-methyl/N-ethyl adjacent to an activating group) is 2. The molecule has 3 N–H and O–H groups in total. The normalized spacial score (nSPS) is 14.9. The van der Waals surface area contributed by atoms with E-state index < -0.39 is 44.9 Å². The van der Waals surface area contributed by atoms with Crippen LogP contribution in [0.3, 0.4) is 0 Å². The zero-order valence-corrected chi connectivity index (χ0v) is 29.8. The molecule has 11 heteroatoms. The number of sulfonamides is 1. The van der Waals surface area contributed by atoms with Crippen LogP contribution >= 0.6 is 15.9 Å². The van der Waals surface area contributed by atoms with Gasteiger partial charge in [0.25, 0.3) is 15.9 Å². The molecule has 0 fully saturated rings. The molecular formula is C33H47BrN4O5S. The number of rotatable bonds is 12. The second kappa shape index (κ2) is 14.8. The van der Waals surface area contributed by atoms with Crippen LogP contribution in [0.1, 0.15) is 61.0 Å². The third kappa shape index (κ3) is 9.25. The van der Waals surface area contributed by atoms with Gasteiger partial charge in [0.15, 0.2) is 0 Å². The SMILES string of the molecule is CN[C@H](C(=O)N[C@H](C(=O)N(C)[C@H](/C=C(\C)C(=O)NS(=O)(=O)c1ccc(Br)cc1)C(C)C)C(C)(C)C)C(C)(C)c1ccccc1. The van der Waals surface area contributed by atoms with E-state index in [1.165, 1.54) is 24.0 Å². The quantitative estimate of drug-likeness (QED) is 0.276. The van der Waals surface area contributed by atoms with Crippen LogP contribution in [0.25, 0.3) is 0 Å². The lowest BCUT2D eigenvalue weighted by molar-refractivity contribution is -0.140. The van der Waals surface area contributed by atoms with Crippen molar-refractivity contribution in [3.05, 3.63) is 76.3 Å². The molecule has 2 aromatic carbocycles. The number of hydrogen-bond acceptors (Lipinski definition) is 6. The van der Waals surface area contributed by atoms with E-state index in [-0.39, 0.29) is 28.2 Å². The molecule has 0 saturated heterocycles. The summed E-state index contributed by atoms with van der Waals surface area (Å²) in [4.78, 5) is 42.2. The summed E-state index contributed by atoms with van der Waals surface area (Å²) in [5.41, 5.74) is -0.111. The van der Waals surface area contributed by atoms with Gasteiger partial charge in [0, 0.05) is 22.5 Å². The fourth-order valence-electron chi connectivity index (χ4n) is 5.04. The molecule has 3 amide bonds. The van der Waals surface area contributed by atoms with Crippen molar-refractivity contribution in [2.45, 2.75) is 83.8 Å². The predicted molar refractivity (Wildman–Crippen MR) is 178 cm³/mol. The molecule has 9 nitrogen and oxygen atoms in total.